The van der Waals surface area contributed by atoms with Crippen LogP contribution in [0.1, 0.15) is 34.6 Å². The second-order valence-electron chi connectivity index (χ2n) is 6.65. The van der Waals surface area contributed by atoms with Gasteiger partial charge in [-0.3, -0.25) is 9.69 Å². The summed E-state index contributed by atoms with van der Waals surface area (Å²) in [6.45, 7) is 11.8. The lowest BCUT2D eigenvalue weighted by Crippen LogP contribution is -2.63. The van der Waals surface area contributed by atoms with Crippen molar-refractivity contribution in [2.24, 2.45) is 0 Å². The van der Waals surface area contributed by atoms with Crippen molar-refractivity contribution in [1.82, 2.24) is 10.2 Å². The number of aliphatic carboxylic acids is 1. The Balaban J connectivity index is 2.81. The van der Waals surface area contributed by atoms with Crippen molar-refractivity contribution in [2.45, 2.75) is 51.4 Å². The van der Waals surface area contributed by atoms with Crippen LogP contribution in [0.2, 0.25) is 0 Å². The molecule has 1 heterocycles. The van der Waals surface area contributed by atoms with Gasteiger partial charge in [-0.15, -0.1) is 0 Å². The number of rotatable bonds is 4. The highest BCUT2D eigenvalue weighted by atomic mass is 16.5. The summed E-state index contributed by atoms with van der Waals surface area (Å²) in [5, 5.41) is 12.2. The van der Waals surface area contributed by atoms with E-state index in [4.69, 9.17) is 4.74 Å². The summed E-state index contributed by atoms with van der Waals surface area (Å²) >= 11 is 0. The first kappa shape index (κ1) is 15.4. The number of ether oxygens (including phenoxy) is 1. The number of carboxylic acid groups (broad SMARTS) is 1. The molecule has 0 aromatic carbocycles. The predicted molar refractivity (Wildman–Crippen MR) is 70.8 cm³/mol. The van der Waals surface area contributed by atoms with E-state index < -0.39 is 11.5 Å². The lowest BCUT2D eigenvalue weighted by Gasteiger charge is -2.48. The molecule has 1 rings (SSSR count). The van der Waals surface area contributed by atoms with Gasteiger partial charge >= 0.3 is 5.97 Å². The van der Waals surface area contributed by atoms with Gasteiger partial charge in [0.1, 0.15) is 5.54 Å². The quantitative estimate of drug-likeness (QED) is 0.786. The minimum atomic E-state index is -0.927. The van der Waals surface area contributed by atoms with E-state index in [9.17, 15) is 9.90 Å². The molecule has 18 heavy (non-hydrogen) atoms. The Morgan fingerprint density at radius 2 is 1.78 bits per heavy atom. The maximum atomic E-state index is 11.3. The zero-order valence-corrected chi connectivity index (χ0v) is 12.3. The molecule has 0 aromatic rings. The average Bonchev–Trinajstić information content (AvgIpc) is 2.11. The van der Waals surface area contributed by atoms with Crippen molar-refractivity contribution < 1.29 is 14.6 Å². The van der Waals surface area contributed by atoms with Gasteiger partial charge in [0.25, 0.3) is 0 Å². The fourth-order valence-electron chi connectivity index (χ4n) is 2.76. The van der Waals surface area contributed by atoms with Gasteiger partial charge in [0.05, 0.1) is 11.2 Å². The molecule has 5 heteroatoms. The highest BCUT2D eigenvalue weighted by Crippen LogP contribution is 2.28. The molecular formula is C13H26N2O3. The van der Waals surface area contributed by atoms with E-state index in [-0.39, 0.29) is 11.2 Å². The SMILES string of the molecule is CNC(C)(CN1CC(C)(C)OC(C)(C)C1)C(=O)O. The van der Waals surface area contributed by atoms with E-state index in [0.717, 1.165) is 13.1 Å². The van der Waals surface area contributed by atoms with Crippen LogP contribution in [-0.4, -0.2) is 59.4 Å². The third-order valence-electron chi connectivity index (χ3n) is 3.32. The van der Waals surface area contributed by atoms with Crippen molar-refractivity contribution in [3.8, 4) is 0 Å². The summed E-state index contributed by atoms with van der Waals surface area (Å²) in [6.07, 6.45) is 0. The van der Waals surface area contributed by atoms with E-state index in [0.29, 0.717) is 6.54 Å². The molecule has 5 nitrogen and oxygen atoms in total. The number of nitrogens with one attached hydrogen (secondary N) is 1. The van der Waals surface area contributed by atoms with Gasteiger partial charge in [0.2, 0.25) is 0 Å². The third kappa shape index (κ3) is 3.67. The lowest BCUT2D eigenvalue weighted by atomic mass is 9.95. The molecule has 1 fully saturated rings. The third-order valence-corrected chi connectivity index (χ3v) is 3.32. The second kappa shape index (κ2) is 4.79. The minimum Gasteiger partial charge on any atom is -0.480 e. The van der Waals surface area contributed by atoms with Crippen LogP contribution in [0, 0.1) is 0 Å². The molecule has 0 saturated carbocycles. The van der Waals surface area contributed by atoms with Gasteiger partial charge in [-0.2, -0.15) is 0 Å². The summed E-state index contributed by atoms with van der Waals surface area (Å²) in [5.74, 6) is -0.827. The number of carboxylic acids is 1. The Labute approximate surface area is 109 Å². The molecule has 1 aliphatic heterocycles. The molecule has 1 unspecified atom stereocenters. The van der Waals surface area contributed by atoms with Crippen LogP contribution in [0.25, 0.3) is 0 Å². The van der Waals surface area contributed by atoms with Gasteiger partial charge in [-0.25, -0.2) is 0 Å². The van der Waals surface area contributed by atoms with Crippen LogP contribution in [0.15, 0.2) is 0 Å². The van der Waals surface area contributed by atoms with Crippen LogP contribution < -0.4 is 5.32 Å². The zero-order valence-electron chi connectivity index (χ0n) is 12.3. The van der Waals surface area contributed by atoms with E-state index in [2.05, 4.69) is 10.2 Å². The van der Waals surface area contributed by atoms with E-state index in [1.807, 2.05) is 27.7 Å². The van der Waals surface area contributed by atoms with Crippen LogP contribution in [0.4, 0.5) is 0 Å². The molecule has 2 N–H and O–H groups in total. The summed E-state index contributed by atoms with van der Waals surface area (Å²) < 4.78 is 5.99. The Bertz CT molecular complexity index is 312. The predicted octanol–water partition coefficient (Wildman–Crippen LogP) is 0.939. The standard InChI is InChI=1S/C13H26N2O3/c1-11(2)7-15(8-12(3,4)18-11)9-13(5,14-6)10(16)17/h14H,7-9H2,1-6H3,(H,16,17). The van der Waals surface area contributed by atoms with E-state index in [1.54, 1.807) is 14.0 Å². The molecule has 0 bridgehead atoms. The van der Waals surface area contributed by atoms with Crippen molar-refractivity contribution in [3.63, 3.8) is 0 Å². The maximum absolute atomic E-state index is 11.3. The average molecular weight is 258 g/mol. The fraction of sp³-hybridized carbons (Fsp3) is 0.923. The molecule has 1 atom stereocenters. The van der Waals surface area contributed by atoms with Crippen LogP contribution in [-0.2, 0) is 9.53 Å². The lowest BCUT2D eigenvalue weighted by molar-refractivity contribution is -0.185. The number of nitrogens with zero attached hydrogens (tertiary/aromatic N) is 1. The summed E-state index contributed by atoms with van der Waals surface area (Å²) in [5.41, 5.74) is -1.44. The highest BCUT2D eigenvalue weighted by molar-refractivity contribution is 5.78. The molecule has 1 saturated heterocycles. The maximum Gasteiger partial charge on any atom is 0.324 e. The number of likely N-dealkylation sites (N-methyl/N-ethyl adjacent to an activating group) is 1. The van der Waals surface area contributed by atoms with Crippen molar-refractivity contribution >= 4 is 5.97 Å². The van der Waals surface area contributed by atoms with Crippen molar-refractivity contribution in [1.29, 1.82) is 0 Å². The van der Waals surface area contributed by atoms with Crippen LogP contribution in [0.5, 0.6) is 0 Å². The number of morpholine rings is 1. The Hall–Kier alpha value is -0.650. The molecule has 0 spiro atoms. The molecular weight excluding hydrogens is 232 g/mol. The Morgan fingerprint density at radius 1 is 1.33 bits per heavy atom. The first-order chi connectivity index (χ1) is 8.00. The molecule has 0 radical (unpaired) electrons. The summed E-state index contributed by atoms with van der Waals surface area (Å²) in [4.78, 5) is 13.5. The van der Waals surface area contributed by atoms with Crippen LogP contribution in [0.3, 0.4) is 0 Å². The number of hydrogen-bond donors (Lipinski definition) is 2. The Kier molecular flexibility index (Phi) is 4.10. The van der Waals surface area contributed by atoms with Gasteiger partial charge in [0, 0.05) is 19.6 Å². The molecule has 0 aliphatic carbocycles. The summed E-state index contributed by atoms with van der Waals surface area (Å²) in [7, 11) is 1.69. The van der Waals surface area contributed by atoms with Crippen molar-refractivity contribution in [3.05, 3.63) is 0 Å². The van der Waals surface area contributed by atoms with Gasteiger partial charge in [0.15, 0.2) is 0 Å². The largest absolute Gasteiger partial charge is 0.480 e. The summed E-state index contributed by atoms with van der Waals surface area (Å²) in [6, 6.07) is 0. The monoisotopic (exact) mass is 258 g/mol. The van der Waals surface area contributed by atoms with E-state index >= 15 is 0 Å². The normalized spacial score (nSPS) is 26.6. The van der Waals surface area contributed by atoms with Gasteiger partial charge in [-0.05, 0) is 41.7 Å². The van der Waals surface area contributed by atoms with Gasteiger partial charge < -0.3 is 15.2 Å². The topological polar surface area (TPSA) is 61.8 Å². The minimum absolute atomic E-state index is 0.255. The van der Waals surface area contributed by atoms with E-state index in [1.165, 1.54) is 0 Å². The second-order valence-corrected chi connectivity index (χ2v) is 6.65. The fourth-order valence-corrected chi connectivity index (χ4v) is 2.76. The highest BCUT2D eigenvalue weighted by Gasteiger charge is 2.42. The van der Waals surface area contributed by atoms with Crippen LogP contribution >= 0.6 is 0 Å². The molecule has 106 valence electrons. The molecule has 0 aromatic heterocycles. The smallest absolute Gasteiger partial charge is 0.324 e. The molecule has 0 amide bonds. The van der Waals surface area contributed by atoms with Gasteiger partial charge in [-0.1, -0.05) is 0 Å². The number of hydrogen-bond acceptors (Lipinski definition) is 4. The number of carbonyl (C=O) groups is 1. The zero-order chi connectivity index (χ0) is 14.2. The first-order valence-corrected chi connectivity index (χ1v) is 6.35. The Morgan fingerprint density at radius 3 is 2.11 bits per heavy atom. The van der Waals surface area contributed by atoms with Crippen molar-refractivity contribution in [2.75, 3.05) is 26.7 Å². The first-order valence-electron chi connectivity index (χ1n) is 6.35. The molecule has 1 aliphatic rings.